The van der Waals surface area contributed by atoms with Crippen molar-refractivity contribution in [3.8, 4) is 11.8 Å². The van der Waals surface area contributed by atoms with Crippen molar-refractivity contribution in [1.82, 2.24) is 4.98 Å². The van der Waals surface area contributed by atoms with E-state index in [4.69, 9.17) is 5.73 Å². The molecule has 0 aliphatic heterocycles. The fourth-order valence-electron chi connectivity index (χ4n) is 2.92. The fourth-order valence-corrected chi connectivity index (χ4v) is 2.92. The van der Waals surface area contributed by atoms with E-state index in [2.05, 4.69) is 4.98 Å². The number of carbonyl (C=O) groups is 1. The second-order valence-electron chi connectivity index (χ2n) is 4.45. The van der Waals surface area contributed by atoms with E-state index in [9.17, 15) is 15.0 Å². The number of fused-ring (bicyclic) bond motifs is 1. The van der Waals surface area contributed by atoms with Gasteiger partial charge in [-0.25, -0.2) is 0 Å². The van der Waals surface area contributed by atoms with E-state index in [0.717, 1.165) is 6.42 Å². The zero-order valence-corrected chi connectivity index (χ0v) is 8.53. The number of H-pyrrole nitrogens is 1. The Bertz CT molecular complexity index is 518. The van der Waals surface area contributed by atoms with Crippen molar-refractivity contribution in [3.05, 3.63) is 23.3 Å². The normalized spacial score (nSPS) is 30.4. The third kappa shape index (κ3) is 0.839. The summed E-state index contributed by atoms with van der Waals surface area (Å²) in [5, 5.41) is 19.5. The van der Waals surface area contributed by atoms with Crippen molar-refractivity contribution in [2.75, 3.05) is 0 Å². The van der Waals surface area contributed by atoms with Crippen LogP contribution in [0.5, 0.6) is 11.8 Å². The third-order valence-corrected chi connectivity index (χ3v) is 3.72. The lowest BCUT2D eigenvalue weighted by molar-refractivity contribution is -0.122. The monoisotopic (exact) mass is 220 g/mol. The molecule has 0 spiro atoms. The molecular weight excluding hydrogens is 208 g/mol. The first-order chi connectivity index (χ1) is 7.56. The van der Waals surface area contributed by atoms with Crippen molar-refractivity contribution in [2.45, 2.75) is 24.2 Å². The molecule has 0 saturated carbocycles. The molecule has 2 unspecified atom stereocenters. The summed E-state index contributed by atoms with van der Waals surface area (Å²) in [6.45, 7) is 0. The fraction of sp³-hybridized carbons (Fsp3) is 0.364. The summed E-state index contributed by atoms with van der Waals surface area (Å²) in [6, 6.07) is 0. The zero-order chi connectivity index (χ0) is 11.5. The van der Waals surface area contributed by atoms with Gasteiger partial charge in [-0.2, -0.15) is 0 Å². The van der Waals surface area contributed by atoms with Crippen LogP contribution in [0.15, 0.2) is 12.2 Å². The predicted octanol–water partition coefficient (Wildman–Crippen LogP) is 0.596. The topological polar surface area (TPSA) is 99.3 Å². The highest BCUT2D eigenvalue weighted by molar-refractivity contribution is 5.92. The minimum absolute atomic E-state index is 0.0628. The van der Waals surface area contributed by atoms with Crippen LogP contribution in [0.3, 0.4) is 0 Å². The van der Waals surface area contributed by atoms with Crippen molar-refractivity contribution in [1.29, 1.82) is 0 Å². The van der Waals surface area contributed by atoms with Crippen LogP contribution >= 0.6 is 0 Å². The number of nitrogens with one attached hydrogen (secondary N) is 1. The van der Waals surface area contributed by atoms with Gasteiger partial charge in [0, 0.05) is 17.0 Å². The summed E-state index contributed by atoms with van der Waals surface area (Å²) in [7, 11) is 0. The van der Waals surface area contributed by atoms with Crippen LogP contribution in [0.25, 0.3) is 0 Å². The van der Waals surface area contributed by atoms with Crippen molar-refractivity contribution >= 4 is 5.91 Å². The summed E-state index contributed by atoms with van der Waals surface area (Å²) in [4.78, 5) is 14.1. The SMILES string of the molecule is NC(=O)C12C=CC(CC1)c1c(O)[nH]c(O)c12. The molecular formula is C11H12N2O3. The van der Waals surface area contributed by atoms with Crippen LogP contribution in [-0.4, -0.2) is 21.1 Å². The Morgan fingerprint density at radius 2 is 2.25 bits per heavy atom. The summed E-state index contributed by atoms with van der Waals surface area (Å²) in [5.41, 5.74) is 5.55. The smallest absolute Gasteiger partial charge is 0.232 e. The number of aromatic amines is 1. The first kappa shape index (κ1) is 9.33. The molecule has 16 heavy (non-hydrogen) atoms. The van der Waals surface area contributed by atoms with Crippen molar-refractivity contribution < 1.29 is 15.0 Å². The molecule has 4 rings (SSSR count). The molecule has 5 nitrogen and oxygen atoms in total. The molecule has 84 valence electrons. The van der Waals surface area contributed by atoms with Gasteiger partial charge in [-0.15, -0.1) is 0 Å². The number of nitrogens with two attached hydrogens (primary N) is 1. The summed E-state index contributed by atoms with van der Waals surface area (Å²) in [6.07, 6.45) is 4.97. The van der Waals surface area contributed by atoms with Crippen LogP contribution in [0.4, 0.5) is 0 Å². The van der Waals surface area contributed by atoms with Crippen molar-refractivity contribution in [3.63, 3.8) is 0 Å². The lowest BCUT2D eigenvalue weighted by Crippen LogP contribution is -2.44. The standard InChI is InChI=1S/C11H12N2O3/c12-10(16)11-3-1-5(2-4-11)6-7(11)9(15)13-8(6)14/h1,3,5,13-15H,2,4H2,(H2,12,16). The maximum absolute atomic E-state index is 11.6. The largest absolute Gasteiger partial charge is 0.494 e. The predicted molar refractivity (Wildman–Crippen MR) is 56.1 cm³/mol. The Morgan fingerprint density at radius 3 is 2.81 bits per heavy atom. The lowest BCUT2D eigenvalue weighted by atomic mass is 9.62. The Kier molecular flexibility index (Phi) is 1.52. The highest BCUT2D eigenvalue weighted by Crippen LogP contribution is 2.54. The van der Waals surface area contributed by atoms with E-state index in [1.165, 1.54) is 0 Å². The molecule has 1 heterocycles. The summed E-state index contributed by atoms with van der Waals surface area (Å²) in [5.74, 6) is -0.640. The number of aromatic nitrogens is 1. The Hall–Kier alpha value is -1.91. The molecule has 1 aromatic heterocycles. The molecule has 2 atom stereocenters. The molecule has 1 amide bonds. The molecule has 3 aliphatic rings. The number of carbonyl (C=O) groups excluding carboxylic acids is 1. The number of aromatic hydroxyl groups is 2. The Labute approximate surface area is 91.6 Å². The summed E-state index contributed by atoms with van der Waals surface area (Å²) >= 11 is 0. The van der Waals surface area contributed by atoms with Crippen LogP contribution in [0, 0.1) is 0 Å². The number of rotatable bonds is 1. The number of primary amides is 1. The van der Waals surface area contributed by atoms with Gasteiger partial charge in [0.1, 0.15) is 0 Å². The maximum Gasteiger partial charge on any atom is 0.232 e. The molecule has 2 bridgehead atoms. The van der Waals surface area contributed by atoms with Gasteiger partial charge in [0.05, 0.1) is 5.41 Å². The number of hydrogen-bond acceptors (Lipinski definition) is 3. The quantitative estimate of drug-likeness (QED) is 0.521. The van der Waals surface area contributed by atoms with Gasteiger partial charge in [-0.3, -0.25) is 9.78 Å². The van der Waals surface area contributed by atoms with E-state index in [-0.39, 0.29) is 17.7 Å². The van der Waals surface area contributed by atoms with Gasteiger partial charge >= 0.3 is 0 Å². The van der Waals surface area contributed by atoms with Gasteiger partial charge < -0.3 is 15.9 Å². The minimum atomic E-state index is -0.953. The van der Waals surface area contributed by atoms with Crippen LogP contribution < -0.4 is 5.73 Å². The lowest BCUT2D eigenvalue weighted by Gasteiger charge is -2.39. The van der Waals surface area contributed by atoms with Gasteiger partial charge in [0.25, 0.3) is 0 Å². The molecule has 0 fully saturated rings. The van der Waals surface area contributed by atoms with Crippen LogP contribution in [0.2, 0.25) is 0 Å². The van der Waals surface area contributed by atoms with Gasteiger partial charge in [0.15, 0.2) is 11.8 Å². The average Bonchev–Trinajstić information content (AvgIpc) is 2.58. The van der Waals surface area contributed by atoms with Crippen LogP contribution in [0.1, 0.15) is 29.9 Å². The number of amides is 1. The van der Waals surface area contributed by atoms with E-state index in [0.29, 0.717) is 17.5 Å². The Balaban J connectivity index is 2.35. The Morgan fingerprint density at radius 1 is 1.50 bits per heavy atom. The van der Waals surface area contributed by atoms with Gasteiger partial charge in [-0.05, 0) is 12.8 Å². The molecule has 5 heteroatoms. The second kappa shape index (κ2) is 2.61. The molecule has 0 radical (unpaired) electrons. The van der Waals surface area contributed by atoms with E-state index >= 15 is 0 Å². The molecule has 1 aromatic rings. The van der Waals surface area contributed by atoms with E-state index < -0.39 is 11.3 Å². The minimum Gasteiger partial charge on any atom is -0.494 e. The average molecular weight is 220 g/mol. The molecule has 3 aliphatic carbocycles. The first-order valence-electron chi connectivity index (χ1n) is 5.20. The molecule has 5 N–H and O–H groups in total. The first-order valence-corrected chi connectivity index (χ1v) is 5.20. The van der Waals surface area contributed by atoms with E-state index in [1.807, 2.05) is 6.08 Å². The zero-order valence-electron chi connectivity index (χ0n) is 8.53. The van der Waals surface area contributed by atoms with Gasteiger partial charge in [-0.1, -0.05) is 12.2 Å². The molecule has 0 saturated heterocycles. The van der Waals surface area contributed by atoms with Crippen molar-refractivity contribution in [2.24, 2.45) is 5.73 Å². The maximum atomic E-state index is 11.6. The number of hydrogen-bond donors (Lipinski definition) is 4. The van der Waals surface area contributed by atoms with E-state index in [1.54, 1.807) is 6.08 Å². The summed E-state index contributed by atoms with van der Waals surface area (Å²) < 4.78 is 0. The second-order valence-corrected chi connectivity index (χ2v) is 4.45. The third-order valence-electron chi connectivity index (χ3n) is 3.72. The highest BCUT2D eigenvalue weighted by atomic mass is 16.3. The van der Waals surface area contributed by atoms with Gasteiger partial charge in [0.2, 0.25) is 5.91 Å². The van der Waals surface area contributed by atoms with Crippen LogP contribution in [-0.2, 0) is 10.2 Å². The highest BCUT2D eigenvalue weighted by Gasteiger charge is 2.49. The molecule has 0 aromatic carbocycles. The number of allylic oxidation sites excluding steroid dienone is 1.